The minimum Gasteiger partial charge on any atom is -0.481 e. The molecule has 0 aliphatic carbocycles. The van der Waals surface area contributed by atoms with Crippen molar-refractivity contribution in [2.75, 3.05) is 6.16 Å². The van der Waals surface area contributed by atoms with E-state index in [0.717, 1.165) is 18.8 Å². The Morgan fingerprint density at radius 3 is 1.22 bits per heavy atom. The van der Waals surface area contributed by atoms with Crippen molar-refractivity contribution in [2.45, 2.75) is 194 Å². The smallest absolute Gasteiger partial charge is 0.303 e. The van der Waals surface area contributed by atoms with E-state index < -0.39 is 5.97 Å². The third kappa shape index (κ3) is 38.4. The van der Waals surface area contributed by atoms with E-state index in [1.807, 2.05) is 0 Å². The molecule has 2 unspecified atom stereocenters. The molecule has 0 aromatic heterocycles. The van der Waals surface area contributed by atoms with Gasteiger partial charge in [-0.3, -0.25) is 4.79 Å². The second kappa shape index (κ2) is 34.9. The predicted octanol–water partition coefficient (Wildman–Crippen LogP) is 12.1. The van der Waals surface area contributed by atoms with Crippen molar-refractivity contribution in [1.82, 2.24) is 0 Å². The number of aliphatic carboxylic acids is 1. The first-order valence-electron chi connectivity index (χ1n) is 16.5. The number of carboxylic acids is 1. The molecular formula is C33H69O2P. The Bertz CT molecular complexity index is 399. The van der Waals surface area contributed by atoms with Gasteiger partial charge >= 0.3 is 5.97 Å². The van der Waals surface area contributed by atoms with E-state index in [1.165, 1.54) is 160 Å². The van der Waals surface area contributed by atoms with Gasteiger partial charge in [0.2, 0.25) is 0 Å². The van der Waals surface area contributed by atoms with E-state index >= 15 is 0 Å². The van der Waals surface area contributed by atoms with Crippen LogP contribution in [0.5, 0.6) is 0 Å². The Hall–Kier alpha value is -0.100. The summed E-state index contributed by atoms with van der Waals surface area (Å²) in [5.74, 6) is 0.298. The molecule has 0 saturated heterocycles. The number of carboxylic acid groups (broad SMARTS) is 1. The van der Waals surface area contributed by atoms with Gasteiger partial charge < -0.3 is 5.11 Å². The number of hydrogen-bond donors (Lipinski definition) is 1. The van der Waals surface area contributed by atoms with E-state index in [-0.39, 0.29) is 0 Å². The topological polar surface area (TPSA) is 37.3 Å². The predicted molar refractivity (Wildman–Crippen MR) is 167 cm³/mol. The van der Waals surface area contributed by atoms with Crippen LogP contribution in [0.15, 0.2) is 0 Å². The van der Waals surface area contributed by atoms with Crippen molar-refractivity contribution in [3.05, 3.63) is 0 Å². The average molecular weight is 529 g/mol. The summed E-state index contributed by atoms with van der Waals surface area (Å²) in [5, 5.41) is 8.52. The van der Waals surface area contributed by atoms with Crippen molar-refractivity contribution in [3.63, 3.8) is 0 Å². The van der Waals surface area contributed by atoms with Gasteiger partial charge in [-0.15, -0.1) is 9.24 Å². The largest absolute Gasteiger partial charge is 0.481 e. The molecule has 2 nitrogen and oxygen atoms in total. The van der Waals surface area contributed by atoms with Crippen LogP contribution in [0.1, 0.15) is 194 Å². The van der Waals surface area contributed by atoms with Crippen LogP contribution >= 0.6 is 9.24 Å². The molecule has 3 heteroatoms. The highest BCUT2D eigenvalue weighted by atomic mass is 31.0. The fourth-order valence-corrected chi connectivity index (χ4v) is 5.01. The van der Waals surface area contributed by atoms with Gasteiger partial charge in [0.05, 0.1) is 0 Å². The maximum Gasteiger partial charge on any atom is 0.303 e. The molecule has 36 heavy (non-hydrogen) atoms. The molecule has 0 aliphatic heterocycles. The van der Waals surface area contributed by atoms with Crippen molar-refractivity contribution >= 4 is 15.2 Å². The first kappa shape index (κ1) is 38.0. The van der Waals surface area contributed by atoms with Crippen molar-refractivity contribution < 1.29 is 9.90 Å². The molecule has 0 radical (unpaired) electrons. The maximum absolute atomic E-state index is 10.3. The van der Waals surface area contributed by atoms with Crippen LogP contribution in [-0.4, -0.2) is 17.2 Å². The molecule has 0 aromatic carbocycles. The van der Waals surface area contributed by atoms with Crippen LogP contribution in [0.2, 0.25) is 0 Å². The maximum atomic E-state index is 10.3. The molecule has 0 bridgehead atoms. The van der Waals surface area contributed by atoms with Gasteiger partial charge in [0, 0.05) is 6.42 Å². The lowest BCUT2D eigenvalue weighted by atomic mass is 9.99. The zero-order valence-corrected chi connectivity index (χ0v) is 26.5. The molecule has 0 aromatic rings. The lowest BCUT2D eigenvalue weighted by molar-refractivity contribution is -0.137. The SMILES string of the molecule is CCC(C)CCCCCCCCCCCP.CCCCCCCCCCCCCCCCCC(=O)O. The lowest BCUT2D eigenvalue weighted by Crippen LogP contribution is -1.93. The van der Waals surface area contributed by atoms with Gasteiger partial charge in [0.15, 0.2) is 0 Å². The molecule has 0 heterocycles. The molecule has 1 N–H and O–H groups in total. The van der Waals surface area contributed by atoms with Crippen LogP contribution in [-0.2, 0) is 4.79 Å². The van der Waals surface area contributed by atoms with Crippen LogP contribution in [0.25, 0.3) is 0 Å². The Morgan fingerprint density at radius 2 is 0.889 bits per heavy atom. The van der Waals surface area contributed by atoms with Gasteiger partial charge in [0.25, 0.3) is 0 Å². The Labute approximate surface area is 231 Å². The number of hydrogen-bond acceptors (Lipinski definition) is 1. The average Bonchev–Trinajstić information content (AvgIpc) is 2.87. The van der Waals surface area contributed by atoms with Crippen LogP contribution < -0.4 is 0 Å². The number of carbonyl (C=O) groups is 1. The summed E-state index contributed by atoms with van der Waals surface area (Å²) in [7, 11) is 2.82. The van der Waals surface area contributed by atoms with E-state index in [1.54, 1.807) is 0 Å². The summed E-state index contributed by atoms with van der Waals surface area (Å²) in [5.41, 5.74) is 0. The second-order valence-electron chi connectivity index (χ2n) is 11.4. The molecule has 0 aliphatic rings. The third-order valence-electron chi connectivity index (χ3n) is 7.59. The summed E-state index contributed by atoms with van der Waals surface area (Å²) in [6.45, 7) is 6.96. The normalized spacial score (nSPS) is 11.8. The fraction of sp³-hybridized carbons (Fsp3) is 0.970. The summed E-state index contributed by atoms with van der Waals surface area (Å²) in [6.07, 6.45) is 37.4. The zero-order valence-electron chi connectivity index (χ0n) is 25.3. The van der Waals surface area contributed by atoms with Gasteiger partial charge in [-0.1, -0.05) is 175 Å². The first-order valence-corrected chi connectivity index (χ1v) is 17.3. The Balaban J connectivity index is 0. The second-order valence-corrected chi connectivity index (χ2v) is 11.9. The minimum atomic E-state index is -0.653. The summed E-state index contributed by atoms with van der Waals surface area (Å²) in [4.78, 5) is 10.3. The fourth-order valence-electron chi connectivity index (χ4n) is 4.73. The molecule has 0 amide bonds. The molecule has 0 spiro atoms. The van der Waals surface area contributed by atoms with Gasteiger partial charge in [-0.2, -0.15) is 0 Å². The van der Waals surface area contributed by atoms with Crippen LogP contribution in [0, 0.1) is 5.92 Å². The molecule has 2 atom stereocenters. The summed E-state index contributed by atoms with van der Waals surface area (Å²) < 4.78 is 0. The van der Waals surface area contributed by atoms with Gasteiger partial charge in [-0.25, -0.2) is 0 Å². The number of unbranched alkanes of at least 4 members (excludes halogenated alkanes) is 22. The highest BCUT2D eigenvalue weighted by molar-refractivity contribution is 7.16. The Morgan fingerprint density at radius 1 is 0.556 bits per heavy atom. The Kier molecular flexibility index (Phi) is 36.9. The van der Waals surface area contributed by atoms with Gasteiger partial charge in [0.1, 0.15) is 0 Å². The van der Waals surface area contributed by atoms with E-state index in [9.17, 15) is 4.79 Å². The first-order chi connectivity index (χ1) is 17.6. The minimum absolute atomic E-state index is 0.345. The van der Waals surface area contributed by atoms with Gasteiger partial charge in [-0.05, 0) is 24.9 Å². The van der Waals surface area contributed by atoms with E-state index in [0.29, 0.717) is 6.42 Å². The van der Waals surface area contributed by atoms with Crippen LogP contribution in [0.3, 0.4) is 0 Å². The molecular weight excluding hydrogens is 459 g/mol. The van der Waals surface area contributed by atoms with Crippen molar-refractivity contribution in [3.8, 4) is 0 Å². The highest BCUT2D eigenvalue weighted by Crippen LogP contribution is 2.15. The molecule has 0 saturated carbocycles. The summed E-state index contributed by atoms with van der Waals surface area (Å²) in [6, 6.07) is 0. The quantitative estimate of drug-likeness (QED) is 0.0809. The van der Waals surface area contributed by atoms with E-state index in [2.05, 4.69) is 30.0 Å². The monoisotopic (exact) mass is 529 g/mol. The lowest BCUT2D eigenvalue weighted by Gasteiger charge is -2.07. The molecule has 0 fully saturated rings. The van der Waals surface area contributed by atoms with Crippen LogP contribution in [0.4, 0.5) is 0 Å². The van der Waals surface area contributed by atoms with Crippen molar-refractivity contribution in [1.29, 1.82) is 0 Å². The molecule has 218 valence electrons. The third-order valence-corrected chi connectivity index (χ3v) is 8.00. The number of rotatable bonds is 28. The van der Waals surface area contributed by atoms with E-state index in [4.69, 9.17) is 5.11 Å². The van der Waals surface area contributed by atoms with Crippen molar-refractivity contribution in [2.24, 2.45) is 5.92 Å². The zero-order chi connectivity index (χ0) is 27.0. The molecule has 0 rings (SSSR count). The standard InChI is InChI=1S/C18H36O2.C15H33P/c1-2-3-4-5-6-7-8-9-10-11-12-13-14-15-16-17-18(19)20;1-3-15(2)13-11-9-7-5-4-6-8-10-12-14-16/h2-17H2,1H3,(H,19,20);15H,3-14,16H2,1-2H3. The summed E-state index contributed by atoms with van der Waals surface area (Å²) >= 11 is 0. The highest BCUT2D eigenvalue weighted by Gasteiger charge is 1.99.